The maximum atomic E-state index is 15.2. The highest BCUT2D eigenvalue weighted by molar-refractivity contribution is 5.90. The predicted molar refractivity (Wildman–Crippen MR) is 118 cm³/mol. The Morgan fingerprint density at radius 1 is 1.35 bits per heavy atom. The van der Waals surface area contributed by atoms with Gasteiger partial charge in [-0.05, 0) is 50.8 Å². The second-order valence-electron chi connectivity index (χ2n) is 9.22. The number of carbonyl (C=O) groups excluding carboxylic acids is 2. The van der Waals surface area contributed by atoms with Crippen LogP contribution in [0.15, 0.2) is 18.2 Å². The number of hydrogen-bond acceptors (Lipinski definition) is 4. The van der Waals surface area contributed by atoms with Gasteiger partial charge < -0.3 is 15.0 Å². The van der Waals surface area contributed by atoms with Crippen molar-refractivity contribution in [2.24, 2.45) is 5.92 Å². The standard InChI is InChI=1S/C24H26F3N5O2/c1-14-9-21-19(13-31(14)23(34)29-18-5-6-20(25)17(10-18)11-28)22-24(26,27)8-7-16(4-3-15(2)33)12-32(22)30-21/h5-6,10,14,16H,3-4,7-9,12-13H2,1-2H3,(H,29,34)/t14-,16-/m1/s1. The summed E-state index contributed by atoms with van der Waals surface area (Å²) in [6, 6.07) is 4.56. The number of fused-ring (bicyclic) bond motifs is 3. The van der Waals surface area contributed by atoms with Gasteiger partial charge in [0.15, 0.2) is 0 Å². The van der Waals surface area contributed by atoms with E-state index < -0.39 is 17.8 Å². The van der Waals surface area contributed by atoms with Crippen LogP contribution in [0.1, 0.15) is 62.0 Å². The number of Topliss-reactive ketones (excluding diaryl/α,β-unsaturated/α-hetero) is 1. The zero-order valence-corrected chi connectivity index (χ0v) is 19.1. The highest BCUT2D eigenvalue weighted by atomic mass is 19.3. The molecule has 10 heteroatoms. The van der Waals surface area contributed by atoms with Crippen LogP contribution < -0.4 is 5.32 Å². The predicted octanol–water partition coefficient (Wildman–Crippen LogP) is 4.74. The maximum absolute atomic E-state index is 15.2. The van der Waals surface area contributed by atoms with Gasteiger partial charge in [-0.2, -0.15) is 19.1 Å². The summed E-state index contributed by atoms with van der Waals surface area (Å²) in [6.07, 6.45) is 1.19. The molecule has 0 spiro atoms. The number of carbonyl (C=O) groups is 2. The molecule has 0 fully saturated rings. The first kappa shape index (κ1) is 23.8. The summed E-state index contributed by atoms with van der Waals surface area (Å²) < 4.78 is 45.4. The Morgan fingerprint density at radius 3 is 2.82 bits per heavy atom. The van der Waals surface area contributed by atoms with Crippen molar-refractivity contribution in [3.63, 3.8) is 0 Å². The Morgan fingerprint density at radius 2 is 2.12 bits per heavy atom. The van der Waals surface area contributed by atoms with Crippen LogP contribution >= 0.6 is 0 Å². The molecule has 0 saturated heterocycles. The van der Waals surface area contributed by atoms with Crippen LogP contribution in [-0.4, -0.2) is 32.5 Å². The van der Waals surface area contributed by atoms with Crippen molar-refractivity contribution in [1.82, 2.24) is 14.7 Å². The molecule has 2 atom stereocenters. The van der Waals surface area contributed by atoms with Crippen LogP contribution in [0.3, 0.4) is 0 Å². The number of benzene rings is 1. The van der Waals surface area contributed by atoms with E-state index in [9.17, 15) is 14.0 Å². The Kier molecular flexibility index (Phi) is 6.39. The van der Waals surface area contributed by atoms with Crippen molar-refractivity contribution in [3.05, 3.63) is 46.5 Å². The van der Waals surface area contributed by atoms with Crippen molar-refractivity contribution >= 4 is 17.5 Å². The average molecular weight is 473 g/mol. The Bertz CT molecular complexity index is 1170. The van der Waals surface area contributed by atoms with Gasteiger partial charge in [0.05, 0.1) is 17.8 Å². The van der Waals surface area contributed by atoms with E-state index in [1.54, 1.807) is 6.07 Å². The van der Waals surface area contributed by atoms with Crippen LogP contribution in [0.2, 0.25) is 0 Å². The monoisotopic (exact) mass is 473 g/mol. The number of halogens is 3. The lowest BCUT2D eigenvalue weighted by Crippen LogP contribution is -2.45. The minimum atomic E-state index is -3.09. The van der Waals surface area contributed by atoms with Gasteiger partial charge in [0.1, 0.15) is 23.4 Å². The van der Waals surface area contributed by atoms with Crippen molar-refractivity contribution in [2.75, 3.05) is 5.32 Å². The first-order valence-electron chi connectivity index (χ1n) is 11.3. The number of nitrogens with zero attached hydrogens (tertiary/aromatic N) is 4. The topological polar surface area (TPSA) is 91.0 Å². The number of urea groups is 1. The minimum Gasteiger partial charge on any atom is -0.317 e. The van der Waals surface area contributed by atoms with Crippen LogP contribution in [-0.2, 0) is 30.2 Å². The zero-order valence-electron chi connectivity index (χ0n) is 19.1. The molecule has 4 rings (SSSR count). The molecule has 180 valence electrons. The lowest BCUT2D eigenvalue weighted by atomic mass is 9.94. The average Bonchev–Trinajstić information content (AvgIpc) is 3.07. The van der Waals surface area contributed by atoms with E-state index in [0.29, 0.717) is 43.5 Å². The largest absolute Gasteiger partial charge is 0.322 e. The van der Waals surface area contributed by atoms with E-state index in [1.807, 2.05) is 6.92 Å². The molecule has 0 bridgehead atoms. The van der Waals surface area contributed by atoms with E-state index in [2.05, 4.69) is 10.4 Å². The molecule has 0 saturated carbocycles. The number of nitrogens with one attached hydrogen (secondary N) is 1. The smallest absolute Gasteiger partial charge is 0.317 e. The second kappa shape index (κ2) is 9.12. The molecular formula is C24H26F3N5O2. The first-order valence-corrected chi connectivity index (χ1v) is 11.3. The van der Waals surface area contributed by atoms with E-state index >= 15 is 8.78 Å². The summed E-state index contributed by atoms with van der Waals surface area (Å²) in [5.74, 6) is -3.81. The van der Waals surface area contributed by atoms with Gasteiger partial charge in [-0.3, -0.25) is 4.68 Å². The number of nitriles is 1. The fourth-order valence-electron chi connectivity index (χ4n) is 4.78. The summed E-state index contributed by atoms with van der Waals surface area (Å²) in [5, 5.41) is 16.1. The summed E-state index contributed by atoms with van der Waals surface area (Å²) in [6.45, 7) is 3.60. The van der Waals surface area contributed by atoms with Crippen LogP contribution in [0.4, 0.5) is 23.7 Å². The minimum absolute atomic E-state index is 0.0301. The number of anilines is 1. The molecule has 2 amide bonds. The quantitative estimate of drug-likeness (QED) is 0.694. The van der Waals surface area contributed by atoms with E-state index in [-0.39, 0.29) is 47.7 Å². The molecular weight excluding hydrogens is 447 g/mol. The molecule has 34 heavy (non-hydrogen) atoms. The number of ketones is 1. The summed E-state index contributed by atoms with van der Waals surface area (Å²) in [4.78, 5) is 25.8. The van der Waals surface area contributed by atoms with Crippen molar-refractivity contribution in [1.29, 1.82) is 5.26 Å². The molecule has 2 aliphatic heterocycles. The number of alkyl halides is 2. The van der Waals surface area contributed by atoms with Gasteiger partial charge >= 0.3 is 6.03 Å². The van der Waals surface area contributed by atoms with Gasteiger partial charge in [-0.1, -0.05) is 0 Å². The molecule has 1 aromatic heterocycles. The van der Waals surface area contributed by atoms with E-state index in [0.717, 1.165) is 6.07 Å². The zero-order chi connectivity index (χ0) is 24.6. The molecule has 2 aromatic rings. The molecule has 1 aromatic carbocycles. The molecule has 0 unspecified atom stereocenters. The Balaban J connectivity index is 1.58. The highest BCUT2D eigenvalue weighted by Crippen LogP contribution is 2.43. The number of aromatic nitrogens is 2. The molecule has 0 radical (unpaired) electrons. The van der Waals surface area contributed by atoms with Gasteiger partial charge in [-0.25, -0.2) is 9.18 Å². The Hall–Kier alpha value is -3.35. The highest BCUT2D eigenvalue weighted by Gasteiger charge is 2.44. The fraction of sp³-hybridized carbons (Fsp3) is 0.500. The molecule has 7 nitrogen and oxygen atoms in total. The van der Waals surface area contributed by atoms with Crippen LogP contribution in [0, 0.1) is 23.1 Å². The first-order chi connectivity index (χ1) is 16.1. The maximum Gasteiger partial charge on any atom is 0.322 e. The summed E-state index contributed by atoms with van der Waals surface area (Å²) in [5.41, 5.74) is 0.821. The Labute approximate surface area is 195 Å². The third kappa shape index (κ3) is 4.65. The van der Waals surface area contributed by atoms with Gasteiger partial charge in [0.2, 0.25) is 0 Å². The van der Waals surface area contributed by atoms with Gasteiger partial charge in [-0.15, -0.1) is 0 Å². The van der Waals surface area contributed by atoms with E-state index in [4.69, 9.17) is 5.26 Å². The number of rotatable bonds is 4. The SMILES string of the molecule is CC(=O)CC[C@@H]1CCC(F)(F)c2c3c(nn2C1)C[C@@H](C)N(C(=O)Nc1ccc(F)c(C#N)c1)C3. The number of hydrogen-bond donors (Lipinski definition) is 1. The van der Waals surface area contributed by atoms with Crippen molar-refractivity contribution in [2.45, 2.75) is 71.0 Å². The normalized spacial score (nSPS) is 21.1. The van der Waals surface area contributed by atoms with Crippen molar-refractivity contribution in [3.8, 4) is 6.07 Å². The van der Waals surface area contributed by atoms with Crippen molar-refractivity contribution < 1.29 is 22.8 Å². The molecule has 1 N–H and O–H groups in total. The fourth-order valence-corrected chi connectivity index (χ4v) is 4.78. The van der Waals surface area contributed by atoms with Crippen LogP contribution in [0.25, 0.3) is 0 Å². The van der Waals surface area contributed by atoms with Crippen LogP contribution in [0.5, 0.6) is 0 Å². The molecule has 2 aliphatic rings. The third-order valence-electron chi connectivity index (χ3n) is 6.63. The second-order valence-corrected chi connectivity index (χ2v) is 9.22. The summed E-state index contributed by atoms with van der Waals surface area (Å²) in [7, 11) is 0. The lowest BCUT2D eigenvalue weighted by Gasteiger charge is -2.33. The molecule has 3 heterocycles. The summed E-state index contributed by atoms with van der Waals surface area (Å²) >= 11 is 0. The molecule has 0 aliphatic carbocycles. The lowest BCUT2D eigenvalue weighted by molar-refractivity contribution is -0.117. The van der Waals surface area contributed by atoms with Gasteiger partial charge in [0.25, 0.3) is 5.92 Å². The number of amides is 2. The van der Waals surface area contributed by atoms with E-state index in [1.165, 1.54) is 28.6 Å². The third-order valence-corrected chi connectivity index (χ3v) is 6.63. The van der Waals surface area contributed by atoms with Gasteiger partial charge in [0, 0.05) is 43.1 Å².